The highest BCUT2D eigenvalue weighted by atomic mass is 32.2. The number of alkyl halides is 3. The lowest BCUT2D eigenvalue weighted by Crippen LogP contribution is -2.28. The van der Waals surface area contributed by atoms with Crippen molar-refractivity contribution in [3.8, 4) is 16.9 Å². The maximum atomic E-state index is 13.5. The Balaban J connectivity index is 1.89. The molecular formula is C18H18F3N7O4S. The molecule has 176 valence electrons. The highest BCUT2D eigenvalue weighted by molar-refractivity contribution is 7.89. The van der Waals surface area contributed by atoms with Gasteiger partial charge in [0.05, 0.1) is 28.4 Å². The number of nitrogens with two attached hydrogens (primary N) is 1. The predicted molar refractivity (Wildman–Crippen MR) is 112 cm³/mol. The first kappa shape index (κ1) is 24.1. The van der Waals surface area contributed by atoms with Crippen LogP contribution in [0.3, 0.4) is 0 Å². The Morgan fingerprint density at radius 2 is 1.97 bits per heavy atom. The quantitative estimate of drug-likeness (QED) is 0.363. The zero-order valence-corrected chi connectivity index (χ0v) is 17.8. The number of hydrogen-bond acceptors (Lipinski definition) is 8. The molecule has 0 spiro atoms. The van der Waals surface area contributed by atoms with Gasteiger partial charge in [0.1, 0.15) is 0 Å². The van der Waals surface area contributed by atoms with Crippen molar-refractivity contribution in [2.24, 2.45) is 0 Å². The number of hydrogen-bond donors (Lipinski definition) is 2. The highest BCUT2D eigenvalue weighted by Gasteiger charge is 2.41. The van der Waals surface area contributed by atoms with Gasteiger partial charge in [-0.25, -0.2) is 27.8 Å². The summed E-state index contributed by atoms with van der Waals surface area (Å²) in [7, 11) is -2.69. The first-order valence-corrected chi connectivity index (χ1v) is 11.0. The summed E-state index contributed by atoms with van der Waals surface area (Å²) in [6, 6.07) is 3.85. The van der Waals surface area contributed by atoms with Crippen molar-refractivity contribution in [2.45, 2.75) is 18.5 Å². The molecule has 15 heteroatoms. The van der Waals surface area contributed by atoms with Crippen molar-refractivity contribution >= 4 is 21.5 Å². The van der Waals surface area contributed by atoms with Gasteiger partial charge in [-0.1, -0.05) is 6.07 Å². The van der Waals surface area contributed by atoms with E-state index in [-0.39, 0.29) is 22.8 Å². The van der Waals surface area contributed by atoms with Crippen LogP contribution in [0.5, 0.6) is 0 Å². The molecule has 0 saturated carbocycles. The Labute approximate surface area is 185 Å². The number of nitrogens with zero attached hydrogens (tertiary/aromatic N) is 5. The smallest absolute Gasteiger partial charge is 0.378 e. The second-order valence-electron chi connectivity index (χ2n) is 6.88. The maximum Gasteiger partial charge on any atom is 0.395 e. The fourth-order valence-electron chi connectivity index (χ4n) is 3.12. The molecular weight excluding hydrogens is 467 g/mol. The molecule has 1 atom stereocenters. The van der Waals surface area contributed by atoms with Crippen LogP contribution in [-0.2, 0) is 10.0 Å². The molecule has 3 N–H and O–H groups in total. The van der Waals surface area contributed by atoms with E-state index in [1.165, 1.54) is 41.5 Å². The highest BCUT2D eigenvalue weighted by Crippen LogP contribution is 2.38. The van der Waals surface area contributed by atoms with Crippen molar-refractivity contribution in [1.82, 2.24) is 24.5 Å². The van der Waals surface area contributed by atoms with Crippen LogP contribution in [-0.4, -0.2) is 52.1 Å². The van der Waals surface area contributed by atoms with Gasteiger partial charge in [0, 0.05) is 24.2 Å². The third-order valence-electron chi connectivity index (χ3n) is 4.82. The van der Waals surface area contributed by atoms with Gasteiger partial charge in [-0.15, -0.1) is 0 Å². The van der Waals surface area contributed by atoms with E-state index in [1.54, 1.807) is 0 Å². The summed E-state index contributed by atoms with van der Waals surface area (Å²) in [5.41, 5.74) is 5.48. The zero-order chi connectivity index (χ0) is 24.4. The molecule has 0 aromatic carbocycles. The summed E-state index contributed by atoms with van der Waals surface area (Å²) in [5.74, 6) is -2.85. The number of nitrogens with one attached hydrogen (secondary N) is 1. The number of anilines is 1. The molecule has 0 aliphatic heterocycles. The van der Waals surface area contributed by atoms with Gasteiger partial charge < -0.3 is 5.73 Å². The van der Waals surface area contributed by atoms with Gasteiger partial charge in [-0.2, -0.15) is 18.3 Å². The third-order valence-corrected chi connectivity index (χ3v) is 6.21. The average molecular weight is 485 g/mol. The molecule has 0 fully saturated rings. The Morgan fingerprint density at radius 1 is 1.24 bits per heavy atom. The van der Waals surface area contributed by atoms with Crippen LogP contribution in [0.2, 0.25) is 0 Å². The van der Waals surface area contributed by atoms with Gasteiger partial charge >= 0.3 is 11.9 Å². The molecule has 1 unspecified atom stereocenters. The monoisotopic (exact) mass is 485 g/mol. The summed E-state index contributed by atoms with van der Waals surface area (Å²) in [5, 5.41) is 15.4. The SMILES string of the molecule is CNS(=O)(=O)CCC(c1ccc(-n2cc(-c3ccnc(N)c3[N+](=O)[O-])cn2)nc1)C(F)(F)F. The topological polar surface area (TPSA) is 159 Å². The van der Waals surface area contributed by atoms with Crippen molar-refractivity contribution in [1.29, 1.82) is 0 Å². The van der Waals surface area contributed by atoms with Crippen LogP contribution in [0.4, 0.5) is 24.7 Å². The standard InChI is InChI=1S/C18H18F3N7O4S/c1-23-33(31,32)7-5-14(18(19,20)21)11-2-3-15(25-8-11)27-10-12(9-26-27)13-4-6-24-17(22)16(13)28(29)30/h2-4,6,8-10,14,23H,5,7H2,1H3,(H2,22,24). The van der Waals surface area contributed by atoms with Crippen LogP contribution in [0.25, 0.3) is 16.9 Å². The number of sulfonamides is 1. The molecule has 3 aromatic heterocycles. The lowest BCUT2D eigenvalue weighted by Gasteiger charge is -2.20. The Kier molecular flexibility index (Phi) is 6.64. The third kappa shape index (κ3) is 5.43. The number of nitro groups is 1. The van der Waals surface area contributed by atoms with Crippen LogP contribution in [0.15, 0.2) is 43.0 Å². The van der Waals surface area contributed by atoms with Gasteiger partial charge in [0.15, 0.2) is 5.82 Å². The van der Waals surface area contributed by atoms with Crippen LogP contribution >= 0.6 is 0 Å². The van der Waals surface area contributed by atoms with Crippen molar-refractivity contribution < 1.29 is 26.5 Å². The largest absolute Gasteiger partial charge is 0.395 e. The minimum atomic E-state index is -4.68. The normalized spacial score (nSPS) is 13.1. The van der Waals surface area contributed by atoms with Crippen LogP contribution in [0.1, 0.15) is 17.9 Å². The van der Waals surface area contributed by atoms with E-state index in [0.29, 0.717) is 5.56 Å². The summed E-state index contributed by atoms with van der Waals surface area (Å²) in [6.07, 6.45) is -0.331. The molecule has 3 aromatic rings. The summed E-state index contributed by atoms with van der Waals surface area (Å²) >= 11 is 0. The van der Waals surface area contributed by atoms with Crippen molar-refractivity contribution in [3.05, 3.63) is 58.7 Å². The van der Waals surface area contributed by atoms with Gasteiger partial charge in [-0.3, -0.25) is 10.1 Å². The van der Waals surface area contributed by atoms with E-state index in [9.17, 15) is 31.7 Å². The van der Waals surface area contributed by atoms with Gasteiger partial charge in [0.2, 0.25) is 15.8 Å². The molecule has 0 radical (unpaired) electrons. The minimum absolute atomic E-state index is 0.151. The minimum Gasteiger partial charge on any atom is -0.378 e. The number of pyridine rings is 2. The van der Waals surface area contributed by atoms with E-state index in [2.05, 4.69) is 15.1 Å². The molecule has 0 saturated heterocycles. The Bertz CT molecular complexity index is 1260. The van der Waals surface area contributed by atoms with Crippen molar-refractivity contribution in [3.63, 3.8) is 0 Å². The first-order chi connectivity index (χ1) is 15.4. The number of aromatic nitrogens is 4. The second kappa shape index (κ2) is 9.11. The zero-order valence-electron chi connectivity index (χ0n) is 17.0. The van der Waals surface area contributed by atoms with Crippen LogP contribution in [0, 0.1) is 10.1 Å². The van der Waals surface area contributed by atoms with E-state index < -0.39 is 44.9 Å². The molecule has 3 rings (SSSR count). The van der Waals surface area contributed by atoms with Gasteiger partial charge in [-0.05, 0) is 31.2 Å². The van der Waals surface area contributed by atoms with E-state index in [4.69, 9.17) is 5.73 Å². The van der Waals surface area contributed by atoms with E-state index >= 15 is 0 Å². The summed E-state index contributed by atoms with van der Waals surface area (Å²) < 4.78 is 66.8. The number of nitrogen functional groups attached to an aromatic ring is 1. The molecule has 33 heavy (non-hydrogen) atoms. The molecule has 0 bridgehead atoms. The van der Waals surface area contributed by atoms with E-state index in [0.717, 1.165) is 13.2 Å². The Morgan fingerprint density at radius 3 is 2.55 bits per heavy atom. The van der Waals surface area contributed by atoms with E-state index in [1.807, 2.05) is 4.72 Å². The lowest BCUT2D eigenvalue weighted by molar-refractivity contribution is -0.383. The summed E-state index contributed by atoms with van der Waals surface area (Å²) in [6.45, 7) is 0. The molecule has 3 heterocycles. The van der Waals surface area contributed by atoms with Gasteiger partial charge in [0.25, 0.3) is 0 Å². The number of halogens is 3. The van der Waals surface area contributed by atoms with Crippen LogP contribution < -0.4 is 10.5 Å². The second-order valence-corrected chi connectivity index (χ2v) is 8.92. The maximum absolute atomic E-state index is 13.5. The fourth-order valence-corrected chi connectivity index (χ4v) is 3.87. The first-order valence-electron chi connectivity index (χ1n) is 9.31. The average Bonchev–Trinajstić information content (AvgIpc) is 3.23. The molecule has 0 aliphatic rings. The summed E-state index contributed by atoms with van der Waals surface area (Å²) in [4.78, 5) is 18.3. The molecule has 11 nitrogen and oxygen atoms in total. The molecule has 0 amide bonds. The Hall–Kier alpha value is -3.59. The predicted octanol–water partition coefficient (Wildman–Crippen LogP) is 2.40. The van der Waals surface area contributed by atoms with Crippen molar-refractivity contribution in [2.75, 3.05) is 18.5 Å². The fraction of sp³-hybridized carbons (Fsp3) is 0.278. The molecule has 0 aliphatic carbocycles. The lowest BCUT2D eigenvalue weighted by atomic mass is 9.97. The number of rotatable bonds is 8.